The highest BCUT2D eigenvalue weighted by molar-refractivity contribution is 7.91. The molecular formula is C6H11NO4S. The summed E-state index contributed by atoms with van der Waals surface area (Å²) in [5, 5.41) is 8.49. The van der Waals surface area contributed by atoms with Crippen LogP contribution < -0.4 is 5.73 Å². The van der Waals surface area contributed by atoms with Gasteiger partial charge in [0.15, 0.2) is 9.84 Å². The van der Waals surface area contributed by atoms with Gasteiger partial charge in [0, 0.05) is 0 Å². The average Bonchev–Trinajstić information content (AvgIpc) is 2.28. The molecule has 0 bridgehead atoms. The zero-order chi connectivity index (χ0) is 9.35. The molecule has 1 aliphatic rings. The van der Waals surface area contributed by atoms with Gasteiger partial charge in [-0.3, -0.25) is 4.79 Å². The van der Waals surface area contributed by atoms with E-state index in [4.69, 9.17) is 10.8 Å². The first-order chi connectivity index (χ1) is 5.42. The van der Waals surface area contributed by atoms with E-state index in [9.17, 15) is 13.2 Å². The van der Waals surface area contributed by atoms with Crippen LogP contribution in [-0.4, -0.2) is 37.0 Å². The van der Waals surface area contributed by atoms with Gasteiger partial charge in [0.25, 0.3) is 0 Å². The van der Waals surface area contributed by atoms with Crippen LogP contribution in [0.15, 0.2) is 0 Å². The Morgan fingerprint density at radius 1 is 1.58 bits per heavy atom. The second-order valence-corrected chi connectivity index (χ2v) is 5.26. The average molecular weight is 193 g/mol. The normalized spacial score (nSPS) is 29.9. The fraction of sp³-hybridized carbons (Fsp3) is 0.833. The molecule has 0 aromatic heterocycles. The topological polar surface area (TPSA) is 97.5 Å². The maximum Gasteiger partial charge on any atom is 0.320 e. The molecule has 1 rings (SSSR count). The van der Waals surface area contributed by atoms with Crippen LogP contribution in [0, 0.1) is 5.92 Å². The quantitative estimate of drug-likeness (QED) is 0.576. The lowest BCUT2D eigenvalue weighted by Crippen LogP contribution is -2.38. The van der Waals surface area contributed by atoms with Crippen molar-refractivity contribution in [2.45, 2.75) is 12.5 Å². The van der Waals surface area contributed by atoms with Gasteiger partial charge >= 0.3 is 5.97 Å². The smallest absolute Gasteiger partial charge is 0.320 e. The summed E-state index contributed by atoms with van der Waals surface area (Å²) in [7, 11) is -3.02. The van der Waals surface area contributed by atoms with Crippen molar-refractivity contribution in [1.82, 2.24) is 0 Å². The van der Waals surface area contributed by atoms with E-state index in [0.717, 1.165) is 0 Å². The van der Waals surface area contributed by atoms with E-state index in [1.165, 1.54) is 0 Å². The molecule has 2 atom stereocenters. The number of rotatable bonds is 2. The maximum absolute atomic E-state index is 10.9. The van der Waals surface area contributed by atoms with Crippen LogP contribution in [0.1, 0.15) is 6.42 Å². The van der Waals surface area contributed by atoms with Crippen molar-refractivity contribution >= 4 is 15.8 Å². The summed E-state index contributed by atoms with van der Waals surface area (Å²) in [5.41, 5.74) is 5.28. The van der Waals surface area contributed by atoms with Crippen LogP contribution in [0.3, 0.4) is 0 Å². The summed E-state index contributed by atoms with van der Waals surface area (Å²) in [6.45, 7) is 0. The molecule has 0 amide bonds. The summed E-state index contributed by atoms with van der Waals surface area (Å²) >= 11 is 0. The van der Waals surface area contributed by atoms with E-state index in [0.29, 0.717) is 6.42 Å². The molecule has 0 aromatic rings. The molecule has 6 heteroatoms. The molecule has 1 unspecified atom stereocenters. The highest BCUT2D eigenvalue weighted by Crippen LogP contribution is 2.20. The molecule has 1 saturated heterocycles. The van der Waals surface area contributed by atoms with Crippen molar-refractivity contribution in [3.63, 3.8) is 0 Å². The Bertz CT molecular complexity index is 284. The van der Waals surface area contributed by atoms with Crippen LogP contribution in [0.4, 0.5) is 0 Å². The lowest BCUT2D eigenvalue weighted by molar-refractivity contribution is -0.139. The number of carbonyl (C=O) groups is 1. The van der Waals surface area contributed by atoms with Gasteiger partial charge in [0.2, 0.25) is 0 Å². The van der Waals surface area contributed by atoms with Crippen LogP contribution in [0.25, 0.3) is 0 Å². The van der Waals surface area contributed by atoms with Crippen LogP contribution in [0.2, 0.25) is 0 Å². The fourth-order valence-corrected chi connectivity index (χ4v) is 3.16. The number of sulfone groups is 1. The number of hydrogen-bond donors (Lipinski definition) is 2. The zero-order valence-electron chi connectivity index (χ0n) is 6.43. The van der Waals surface area contributed by atoms with E-state index in [-0.39, 0.29) is 11.5 Å². The molecule has 0 saturated carbocycles. The summed E-state index contributed by atoms with van der Waals surface area (Å²) in [6.07, 6.45) is 0.371. The molecule has 1 aliphatic heterocycles. The molecule has 12 heavy (non-hydrogen) atoms. The molecule has 1 heterocycles. The lowest BCUT2D eigenvalue weighted by Gasteiger charge is -2.11. The second-order valence-electron chi connectivity index (χ2n) is 3.03. The van der Waals surface area contributed by atoms with Gasteiger partial charge in [-0.25, -0.2) is 8.42 Å². The third kappa shape index (κ3) is 1.95. The van der Waals surface area contributed by atoms with Gasteiger partial charge in [-0.15, -0.1) is 0 Å². The molecule has 5 nitrogen and oxygen atoms in total. The van der Waals surface area contributed by atoms with E-state index >= 15 is 0 Å². The predicted octanol–water partition coefficient (Wildman–Crippen LogP) is -1.17. The summed E-state index contributed by atoms with van der Waals surface area (Å²) in [4.78, 5) is 10.4. The van der Waals surface area contributed by atoms with E-state index in [1.807, 2.05) is 0 Å². The Morgan fingerprint density at radius 3 is 2.50 bits per heavy atom. The third-order valence-corrected chi connectivity index (χ3v) is 3.85. The van der Waals surface area contributed by atoms with Crippen molar-refractivity contribution in [3.05, 3.63) is 0 Å². The molecule has 0 spiro atoms. The molecular weight excluding hydrogens is 182 g/mol. The highest BCUT2D eigenvalue weighted by Gasteiger charge is 2.34. The third-order valence-electron chi connectivity index (χ3n) is 2.06. The minimum atomic E-state index is -3.02. The van der Waals surface area contributed by atoms with Crippen LogP contribution >= 0.6 is 0 Å². The van der Waals surface area contributed by atoms with Crippen molar-refractivity contribution in [2.75, 3.05) is 11.5 Å². The molecule has 70 valence electrons. The minimum absolute atomic E-state index is 0.0681. The van der Waals surface area contributed by atoms with E-state index in [2.05, 4.69) is 0 Å². The SMILES string of the molecule is N[C@@H](C(=O)O)C1CCS(=O)(=O)C1. The van der Waals surface area contributed by atoms with Gasteiger partial charge in [-0.05, 0) is 12.3 Å². The molecule has 0 aliphatic carbocycles. The summed E-state index contributed by atoms with van der Waals surface area (Å²) in [5.74, 6) is -1.55. The Kier molecular flexibility index (Phi) is 2.39. The first-order valence-corrected chi connectivity index (χ1v) is 5.43. The fourth-order valence-electron chi connectivity index (χ4n) is 1.31. The molecule has 0 radical (unpaired) electrons. The molecule has 3 N–H and O–H groups in total. The van der Waals surface area contributed by atoms with Gasteiger partial charge in [-0.2, -0.15) is 0 Å². The number of hydrogen-bond acceptors (Lipinski definition) is 4. The van der Waals surface area contributed by atoms with Crippen molar-refractivity contribution in [1.29, 1.82) is 0 Å². The van der Waals surface area contributed by atoms with Gasteiger partial charge in [0.1, 0.15) is 6.04 Å². The van der Waals surface area contributed by atoms with Gasteiger partial charge in [-0.1, -0.05) is 0 Å². The largest absolute Gasteiger partial charge is 0.480 e. The predicted molar refractivity (Wildman–Crippen MR) is 42.4 cm³/mol. The minimum Gasteiger partial charge on any atom is -0.480 e. The Morgan fingerprint density at radius 2 is 2.17 bits per heavy atom. The number of carboxylic acid groups (broad SMARTS) is 1. The van der Waals surface area contributed by atoms with Gasteiger partial charge < -0.3 is 10.8 Å². The first kappa shape index (κ1) is 9.47. The standard InChI is InChI=1S/C6H11NO4S/c7-5(6(8)9)4-1-2-12(10,11)3-4/h4-5H,1-3,7H2,(H,8,9)/t4?,5-/m1/s1. The summed E-state index contributed by atoms with van der Waals surface area (Å²) in [6, 6.07) is -1.04. The van der Waals surface area contributed by atoms with Gasteiger partial charge in [0.05, 0.1) is 11.5 Å². The van der Waals surface area contributed by atoms with Crippen molar-refractivity contribution in [3.8, 4) is 0 Å². The Labute approximate surface area is 70.5 Å². The van der Waals surface area contributed by atoms with Crippen molar-refractivity contribution in [2.24, 2.45) is 11.7 Å². The maximum atomic E-state index is 10.9. The second kappa shape index (κ2) is 3.02. The number of carboxylic acids is 1. The Balaban J connectivity index is 2.64. The van der Waals surface area contributed by atoms with E-state index < -0.39 is 27.8 Å². The van der Waals surface area contributed by atoms with E-state index in [1.54, 1.807) is 0 Å². The zero-order valence-corrected chi connectivity index (χ0v) is 7.25. The molecule has 0 aromatic carbocycles. The number of aliphatic carboxylic acids is 1. The Hall–Kier alpha value is -0.620. The number of nitrogens with two attached hydrogens (primary N) is 1. The van der Waals surface area contributed by atoms with Crippen LogP contribution in [-0.2, 0) is 14.6 Å². The molecule has 1 fully saturated rings. The van der Waals surface area contributed by atoms with Crippen molar-refractivity contribution < 1.29 is 18.3 Å². The monoisotopic (exact) mass is 193 g/mol. The van der Waals surface area contributed by atoms with Crippen LogP contribution in [0.5, 0.6) is 0 Å². The lowest BCUT2D eigenvalue weighted by atomic mass is 10.0. The highest BCUT2D eigenvalue weighted by atomic mass is 32.2. The first-order valence-electron chi connectivity index (χ1n) is 3.61. The summed E-state index contributed by atoms with van der Waals surface area (Å²) < 4.78 is 21.8.